The largest absolute Gasteiger partial charge is 0.356 e. The van der Waals surface area contributed by atoms with Crippen molar-refractivity contribution in [3.8, 4) is 0 Å². The molecule has 1 unspecified atom stereocenters. The average Bonchev–Trinajstić information content (AvgIpc) is 2.31. The lowest BCUT2D eigenvalue weighted by molar-refractivity contribution is -0.121. The molecule has 100 valence electrons. The SMILES string of the molecule is CCNC(C)CC(=O)NCCc1ccccc1C. The van der Waals surface area contributed by atoms with Gasteiger partial charge in [0.25, 0.3) is 0 Å². The van der Waals surface area contributed by atoms with Crippen molar-refractivity contribution in [3.63, 3.8) is 0 Å². The standard InChI is InChI=1S/C15H24N2O/c1-4-16-13(3)11-15(18)17-10-9-14-8-6-5-7-12(14)2/h5-8,13,16H,4,9-11H2,1-3H3,(H,17,18). The van der Waals surface area contributed by atoms with Crippen molar-refractivity contribution in [3.05, 3.63) is 35.4 Å². The molecule has 18 heavy (non-hydrogen) atoms. The van der Waals surface area contributed by atoms with Crippen LogP contribution < -0.4 is 10.6 Å². The number of aryl methyl sites for hydroxylation is 1. The van der Waals surface area contributed by atoms with Crippen molar-refractivity contribution in [2.24, 2.45) is 0 Å². The number of nitrogens with one attached hydrogen (secondary N) is 2. The Kier molecular flexibility index (Phi) is 6.44. The van der Waals surface area contributed by atoms with E-state index in [1.165, 1.54) is 11.1 Å². The highest BCUT2D eigenvalue weighted by Crippen LogP contribution is 2.06. The van der Waals surface area contributed by atoms with E-state index in [4.69, 9.17) is 0 Å². The van der Waals surface area contributed by atoms with Crippen LogP contribution in [0, 0.1) is 6.92 Å². The minimum atomic E-state index is 0.122. The number of carbonyl (C=O) groups excluding carboxylic acids is 1. The predicted octanol–water partition coefficient (Wildman–Crippen LogP) is 2.04. The smallest absolute Gasteiger partial charge is 0.221 e. The van der Waals surface area contributed by atoms with Crippen LogP contribution in [0.25, 0.3) is 0 Å². The predicted molar refractivity (Wildman–Crippen MR) is 75.6 cm³/mol. The van der Waals surface area contributed by atoms with Gasteiger partial charge in [-0.25, -0.2) is 0 Å². The Bertz CT molecular complexity index is 377. The van der Waals surface area contributed by atoms with E-state index >= 15 is 0 Å². The van der Waals surface area contributed by atoms with Crippen molar-refractivity contribution in [2.75, 3.05) is 13.1 Å². The summed E-state index contributed by atoms with van der Waals surface area (Å²) in [5.74, 6) is 0.122. The van der Waals surface area contributed by atoms with Crippen molar-refractivity contribution in [2.45, 2.75) is 39.7 Å². The molecular weight excluding hydrogens is 224 g/mol. The molecule has 0 aromatic heterocycles. The number of benzene rings is 1. The third-order valence-corrected chi connectivity index (χ3v) is 3.02. The molecule has 0 aliphatic heterocycles. The first-order valence-electron chi connectivity index (χ1n) is 6.68. The number of amides is 1. The van der Waals surface area contributed by atoms with Crippen LogP contribution >= 0.6 is 0 Å². The van der Waals surface area contributed by atoms with Gasteiger partial charge in [0.05, 0.1) is 0 Å². The summed E-state index contributed by atoms with van der Waals surface area (Å²) in [6.45, 7) is 7.79. The second-order valence-corrected chi connectivity index (χ2v) is 4.69. The lowest BCUT2D eigenvalue weighted by Gasteiger charge is -2.12. The first-order chi connectivity index (χ1) is 8.63. The normalized spacial score (nSPS) is 12.2. The molecular formula is C15H24N2O. The highest BCUT2D eigenvalue weighted by Gasteiger charge is 2.07. The topological polar surface area (TPSA) is 41.1 Å². The Labute approximate surface area is 110 Å². The van der Waals surface area contributed by atoms with Gasteiger partial charge in [0.15, 0.2) is 0 Å². The van der Waals surface area contributed by atoms with E-state index in [0.717, 1.165) is 13.0 Å². The molecule has 1 amide bonds. The van der Waals surface area contributed by atoms with Gasteiger partial charge in [-0.15, -0.1) is 0 Å². The van der Waals surface area contributed by atoms with E-state index in [1.54, 1.807) is 0 Å². The Morgan fingerprint density at radius 3 is 2.72 bits per heavy atom. The first-order valence-corrected chi connectivity index (χ1v) is 6.68. The zero-order valence-corrected chi connectivity index (χ0v) is 11.6. The maximum absolute atomic E-state index is 11.7. The van der Waals surface area contributed by atoms with E-state index in [0.29, 0.717) is 13.0 Å². The highest BCUT2D eigenvalue weighted by molar-refractivity contribution is 5.76. The van der Waals surface area contributed by atoms with Crippen LogP contribution in [0.5, 0.6) is 0 Å². The molecule has 0 radical (unpaired) electrons. The average molecular weight is 248 g/mol. The maximum atomic E-state index is 11.7. The van der Waals surface area contributed by atoms with Crippen LogP contribution in [0.4, 0.5) is 0 Å². The third-order valence-electron chi connectivity index (χ3n) is 3.02. The van der Waals surface area contributed by atoms with Gasteiger partial charge in [-0.3, -0.25) is 4.79 Å². The molecule has 0 saturated carbocycles. The summed E-state index contributed by atoms with van der Waals surface area (Å²) in [6.07, 6.45) is 1.44. The number of rotatable bonds is 7. The Morgan fingerprint density at radius 1 is 1.33 bits per heavy atom. The third kappa shape index (κ3) is 5.32. The Balaban J connectivity index is 2.25. The first kappa shape index (κ1) is 14.7. The minimum Gasteiger partial charge on any atom is -0.356 e. The summed E-state index contributed by atoms with van der Waals surface area (Å²) in [5, 5.41) is 6.20. The molecule has 1 aromatic carbocycles. The Morgan fingerprint density at radius 2 is 2.06 bits per heavy atom. The van der Waals surface area contributed by atoms with Gasteiger partial charge in [-0.1, -0.05) is 31.2 Å². The fourth-order valence-corrected chi connectivity index (χ4v) is 2.00. The molecule has 0 spiro atoms. The van der Waals surface area contributed by atoms with E-state index in [2.05, 4.69) is 29.7 Å². The lowest BCUT2D eigenvalue weighted by atomic mass is 10.1. The van der Waals surface area contributed by atoms with Gasteiger partial charge < -0.3 is 10.6 Å². The van der Waals surface area contributed by atoms with Gasteiger partial charge in [-0.2, -0.15) is 0 Å². The number of hydrogen-bond donors (Lipinski definition) is 2. The summed E-state index contributed by atoms with van der Waals surface area (Å²) in [4.78, 5) is 11.7. The van der Waals surface area contributed by atoms with Crippen LogP contribution in [0.15, 0.2) is 24.3 Å². The molecule has 3 heteroatoms. The molecule has 0 aliphatic rings. The summed E-state index contributed by atoms with van der Waals surface area (Å²) >= 11 is 0. The summed E-state index contributed by atoms with van der Waals surface area (Å²) in [5.41, 5.74) is 2.59. The summed E-state index contributed by atoms with van der Waals surface area (Å²) in [7, 11) is 0. The molecule has 0 heterocycles. The molecule has 1 aromatic rings. The van der Waals surface area contributed by atoms with E-state index in [1.807, 2.05) is 26.0 Å². The number of carbonyl (C=O) groups is 1. The molecule has 3 nitrogen and oxygen atoms in total. The van der Waals surface area contributed by atoms with Gasteiger partial charge in [0, 0.05) is 19.0 Å². The van der Waals surface area contributed by atoms with Crippen LogP contribution in [0.1, 0.15) is 31.4 Å². The maximum Gasteiger partial charge on any atom is 0.221 e. The number of hydrogen-bond acceptors (Lipinski definition) is 2. The second-order valence-electron chi connectivity index (χ2n) is 4.69. The summed E-state index contributed by atoms with van der Waals surface area (Å²) in [6, 6.07) is 8.54. The fourth-order valence-electron chi connectivity index (χ4n) is 2.00. The van der Waals surface area contributed by atoms with Gasteiger partial charge >= 0.3 is 0 Å². The highest BCUT2D eigenvalue weighted by atomic mass is 16.1. The van der Waals surface area contributed by atoms with Crippen LogP contribution in [0.2, 0.25) is 0 Å². The van der Waals surface area contributed by atoms with Gasteiger partial charge in [0.2, 0.25) is 5.91 Å². The van der Waals surface area contributed by atoms with Gasteiger partial charge in [-0.05, 0) is 37.9 Å². The lowest BCUT2D eigenvalue weighted by Crippen LogP contribution is -2.34. The monoisotopic (exact) mass is 248 g/mol. The molecule has 1 atom stereocenters. The molecule has 0 saturated heterocycles. The van der Waals surface area contributed by atoms with Crippen molar-refractivity contribution in [1.29, 1.82) is 0 Å². The van der Waals surface area contributed by atoms with Crippen molar-refractivity contribution >= 4 is 5.91 Å². The zero-order valence-electron chi connectivity index (χ0n) is 11.6. The molecule has 0 bridgehead atoms. The Hall–Kier alpha value is -1.35. The van der Waals surface area contributed by atoms with Gasteiger partial charge in [0.1, 0.15) is 0 Å². The fraction of sp³-hybridized carbons (Fsp3) is 0.533. The molecule has 0 fully saturated rings. The van der Waals surface area contributed by atoms with E-state index in [-0.39, 0.29) is 11.9 Å². The van der Waals surface area contributed by atoms with E-state index in [9.17, 15) is 4.79 Å². The van der Waals surface area contributed by atoms with Crippen LogP contribution in [0.3, 0.4) is 0 Å². The zero-order chi connectivity index (χ0) is 13.4. The van der Waals surface area contributed by atoms with Crippen LogP contribution in [-0.2, 0) is 11.2 Å². The van der Waals surface area contributed by atoms with Crippen LogP contribution in [-0.4, -0.2) is 25.0 Å². The quantitative estimate of drug-likeness (QED) is 0.775. The summed E-state index contributed by atoms with van der Waals surface area (Å²) < 4.78 is 0. The molecule has 2 N–H and O–H groups in total. The minimum absolute atomic E-state index is 0.122. The molecule has 0 aliphatic carbocycles. The van der Waals surface area contributed by atoms with E-state index < -0.39 is 0 Å². The van der Waals surface area contributed by atoms with Crippen molar-refractivity contribution in [1.82, 2.24) is 10.6 Å². The van der Waals surface area contributed by atoms with Crippen molar-refractivity contribution < 1.29 is 4.79 Å². The second kappa shape index (κ2) is 7.88. The molecule has 1 rings (SSSR count).